The molecule has 8 heteroatoms. The number of carboxylic acid groups (broad SMARTS) is 1. The summed E-state index contributed by atoms with van der Waals surface area (Å²) in [5, 5.41) is 9.97. The van der Waals surface area contributed by atoms with Gasteiger partial charge in [-0.05, 0) is 37.0 Å². The third kappa shape index (κ3) is 3.77. The molecule has 2 aromatic rings. The molecule has 1 aliphatic heterocycles. The van der Waals surface area contributed by atoms with Crippen LogP contribution in [0.2, 0.25) is 0 Å². The molecule has 1 aliphatic rings. The number of carbonyl (C=O) groups is 1. The quantitative estimate of drug-likeness (QED) is 0.788. The minimum absolute atomic E-state index is 0.221. The van der Waals surface area contributed by atoms with Gasteiger partial charge in [-0.3, -0.25) is 0 Å². The van der Waals surface area contributed by atoms with Gasteiger partial charge in [-0.2, -0.15) is 0 Å². The fourth-order valence-corrected chi connectivity index (χ4v) is 3.56. The molecule has 1 aromatic heterocycles. The summed E-state index contributed by atoms with van der Waals surface area (Å²) in [5.41, 5.74) is 0.855. The number of piperidine rings is 1. The van der Waals surface area contributed by atoms with Gasteiger partial charge in [0, 0.05) is 36.4 Å². The molecule has 1 aromatic carbocycles. The second-order valence-electron chi connectivity index (χ2n) is 5.99. The summed E-state index contributed by atoms with van der Waals surface area (Å²) in [7, 11) is 0. The van der Waals surface area contributed by atoms with E-state index >= 15 is 0 Å². The van der Waals surface area contributed by atoms with E-state index in [1.54, 1.807) is 24.5 Å². The maximum atomic E-state index is 11.2. The summed E-state index contributed by atoms with van der Waals surface area (Å²) in [6, 6.07) is 4.93. The van der Waals surface area contributed by atoms with E-state index in [9.17, 15) is 9.35 Å². The largest absolute Gasteiger partial charge is 0.598 e. The topological polar surface area (TPSA) is 101 Å². The van der Waals surface area contributed by atoms with Gasteiger partial charge in [-0.15, -0.1) is 4.72 Å². The van der Waals surface area contributed by atoms with Crippen LogP contribution < -0.4 is 9.62 Å². The fraction of sp³-hybridized carbons (Fsp3) is 0.438. The van der Waals surface area contributed by atoms with Crippen molar-refractivity contribution in [1.29, 1.82) is 0 Å². The van der Waals surface area contributed by atoms with E-state index in [4.69, 9.17) is 5.11 Å². The molecule has 7 nitrogen and oxygen atoms in total. The first kappa shape index (κ1) is 16.9. The van der Waals surface area contributed by atoms with E-state index in [1.165, 1.54) is 6.33 Å². The highest BCUT2D eigenvalue weighted by molar-refractivity contribution is 7.88. The first-order chi connectivity index (χ1) is 11.5. The lowest BCUT2D eigenvalue weighted by Crippen LogP contribution is -2.41. The van der Waals surface area contributed by atoms with Crippen molar-refractivity contribution in [2.45, 2.75) is 12.8 Å². The molecule has 24 heavy (non-hydrogen) atoms. The van der Waals surface area contributed by atoms with E-state index in [1.807, 2.05) is 0 Å². The molecule has 0 spiro atoms. The average Bonchev–Trinajstić information content (AvgIpc) is 2.59. The molecule has 1 saturated heterocycles. The number of benzene rings is 1. The second-order valence-corrected chi connectivity index (χ2v) is 7.19. The first-order valence-corrected chi connectivity index (χ1v) is 9.40. The molecule has 2 N–H and O–H groups in total. The van der Waals surface area contributed by atoms with Crippen LogP contribution in [-0.4, -0.2) is 51.5 Å². The van der Waals surface area contributed by atoms with E-state index in [0.29, 0.717) is 18.0 Å². The lowest BCUT2D eigenvalue weighted by molar-refractivity contribution is 0.0697. The van der Waals surface area contributed by atoms with E-state index in [0.717, 1.165) is 37.1 Å². The van der Waals surface area contributed by atoms with Crippen molar-refractivity contribution in [3.8, 4) is 0 Å². The van der Waals surface area contributed by atoms with Crippen LogP contribution in [-0.2, 0) is 11.4 Å². The van der Waals surface area contributed by atoms with Gasteiger partial charge in [-0.25, -0.2) is 14.8 Å². The van der Waals surface area contributed by atoms with Crippen molar-refractivity contribution in [3.63, 3.8) is 0 Å². The van der Waals surface area contributed by atoms with Gasteiger partial charge in [0.05, 0.1) is 11.1 Å². The Kier molecular flexibility index (Phi) is 5.17. The van der Waals surface area contributed by atoms with Gasteiger partial charge in [0.15, 0.2) is 0 Å². The van der Waals surface area contributed by atoms with Crippen LogP contribution in [0.1, 0.15) is 23.2 Å². The van der Waals surface area contributed by atoms with Crippen molar-refractivity contribution >= 4 is 34.1 Å². The van der Waals surface area contributed by atoms with Gasteiger partial charge in [0.1, 0.15) is 18.4 Å². The van der Waals surface area contributed by atoms with E-state index in [-0.39, 0.29) is 5.56 Å². The Morgan fingerprint density at radius 3 is 3.08 bits per heavy atom. The number of nitrogens with one attached hydrogen (secondary N) is 1. The van der Waals surface area contributed by atoms with Crippen LogP contribution in [0.3, 0.4) is 0 Å². The molecule has 0 saturated carbocycles. The predicted octanol–water partition coefficient (Wildman–Crippen LogP) is 1.43. The van der Waals surface area contributed by atoms with Crippen LogP contribution >= 0.6 is 0 Å². The third-order valence-electron chi connectivity index (χ3n) is 4.26. The van der Waals surface area contributed by atoms with E-state index in [2.05, 4.69) is 19.6 Å². The zero-order valence-electron chi connectivity index (χ0n) is 13.4. The number of carboxylic acids is 1. The number of rotatable bonds is 5. The molecule has 2 unspecified atom stereocenters. The number of aromatic nitrogens is 2. The smallest absolute Gasteiger partial charge is 0.335 e. The highest BCUT2D eigenvalue weighted by atomic mass is 32.2. The highest BCUT2D eigenvalue weighted by Crippen LogP contribution is 2.27. The first-order valence-electron chi connectivity index (χ1n) is 7.84. The summed E-state index contributed by atoms with van der Waals surface area (Å²) < 4.78 is 14.2. The molecule has 0 amide bonds. The number of hydrogen-bond acceptors (Lipinski definition) is 6. The maximum absolute atomic E-state index is 11.2. The minimum atomic E-state index is -1.00. The molecular weight excluding hydrogens is 328 g/mol. The Hall–Kier alpha value is -1.90. The van der Waals surface area contributed by atoms with Gasteiger partial charge >= 0.3 is 5.97 Å². The Bertz CT molecular complexity index is 740. The Morgan fingerprint density at radius 2 is 2.33 bits per heavy atom. The Balaban J connectivity index is 1.84. The van der Waals surface area contributed by atoms with E-state index < -0.39 is 17.3 Å². The van der Waals surface area contributed by atoms with Crippen molar-refractivity contribution in [2.75, 3.05) is 30.8 Å². The van der Waals surface area contributed by atoms with Gasteiger partial charge in [-0.1, -0.05) is 0 Å². The minimum Gasteiger partial charge on any atom is -0.598 e. The van der Waals surface area contributed by atoms with Gasteiger partial charge in [0.2, 0.25) is 0 Å². The van der Waals surface area contributed by atoms with Crippen molar-refractivity contribution in [3.05, 3.63) is 30.1 Å². The summed E-state index contributed by atoms with van der Waals surface area (Å²) in [5.74, 6) is 0.277. The number of hydrogen-bond donors (Lipinski definition) is 2. The van der Waals surface area contributed by atoms with Crippen LogP contribution in [0.4, 0.5) is 5.82 Å². The van der Waals surface area contributed by atoms with Gasteiger partial charge in [0.25, 0.3) is 0 Å². The fourth-order valence-electron chi connectivity index (χ4n) is 3.09. The summed E-state index contributed by atoms with van der Waals surface area (Å²) in [6.45, 7) is 2.45. The second kappa shape index (κ2) is 7.33. The molecule has 0 bridgehead atoms. The standard InChI is InChI=1S/C16H20N4O3S/c1-24(23)19-8-11-3-2-6-20(9-11)15-13-5-4-12(16(21)22)7-14(13)17-10-18-15/h4-5,7,10-11,19H,2-3,6,8-9H2,1H3,(H,21,22). The monoisotopic (exact) mass is 348 g/mol. The molecule has 3 rings (SSSR count). The molecule has 0 radical (unpaired) electrons. The van der Waals surface area contributed by atoms with Crippen LogP contribution in [0.25, 0.3) is 10.9 Å². The van der Waals surface area contributed by atoms with Crippen molar-refractivity contribution < 1.29 is 14.5 Å². The van der Waals surface area contributed by atoms with Crippen LogP contribution in [0.5, 0.6) is 0 Å². The molecule has 1 fully saturated rings. The van der Waals surface area contributed by atoms with Crippen LogP contribution in [0.15, 0.2) is 24.5 Å². The SMILES string of the molecule is C[S+]([O-])NCC1CCCN(c2ncnc3cc(C(=O)O)ccc23)C1. The zero-order chi connectivity index (χ0) is 17.1. The van der Waals surface area contributed by atoms with Crippen molar-refractivity contribution in [2.24, 2.45) is 5.92 Å². The third-order valence-corrected chi connectivity index (χ3v) is 4.83. The van der Waals surface area contributed by atoms with Gasteiger partial charge < -0.3 is 14.6 Å². The van der Waals surface area contributed by atoms with Crippen LogP contribution in [0, 0.1) is 5.92 Å². The predicted molar refractivity (Wildman–Crippen MR) is 93.5 cm³/mol. The lowest BCUT2D eigenvalue weighted by atomic mass is 9.98. The van der Waals surface area contributed by atoms with Crippen molar-refractivity contribution in [1.82, 2.24) is 14.7 Å². The zero-order valence-corrected chi connectivity index (χ0v) is 14.3. The Labute approximate surface area is 143 Å². The molecule has 128 valence electrons. The lowest BCUT2D eigenvalue weighted by Gasteiger charge is -2.34. The number of aromatic carboxylic acids is 1. The number of nitrogens with zero attached hydrogens (tertiary/aromatic N) is 3. The summed E-state index contributed by atoms with van der Waals surface area (Å²) >= 11 is -1.00. The summed E-state index contributed by atoms with van der Waals surface area (Å²) in [6.07, 6.45) is 5.25. The highest BCUT2D eigenvalue weighted by Gasteiger charge is 2.23. The molecule has 2 atom stereocenters. The summed E-state index contributed by atoms with van der Waals surface area (Å²) in [4.78, 5) is 21.9. The Morgan fingerprint density at radius 1 is 1.50 bits per heavy atom. The molecule has 2 heterocycles. The number of anilines is 1. The maximum Gasteiger partial charge on any atom is 0.335 e. The average molecular weight is 348 g/mol. The normalized spacial score (nSPS) is 19.4. The number of fused-ring (bicyclic) bond motifs is 1. The molecule has 0 aliphatic carbocycles. The molecular formula is C16H20N4O3S.